The highest BCUT2D eigenvalue weighted by Gasteiger charge is 2.16. The van der Waals surface area contributed by atoms with Crippen molar-refractivity contribution in [2.45, 2.75) is 40.0 Å². The largest absolute Gasteiger partial charge is 0.490 e. The zero-order valence-corrected chi connectivity index (χ0v) is 15.1. The van der Waals surface area contributed by atoms with E-state index < -0.39 is 0 Å². The van der Waals surface area contributed by atoms with Crippen LogP contribution in [0.3, 0.4) is 0 Å². The second-order valence-electron chi connectivity index (χ2n) is 6.98. The molecule has 0 saturated carbocycles. The summed E-state index contributed by atoms with van der Waals surface area (Å²) in [4.78, 5) is 3.29. The molecule has 2 aromatic rings. The van der Waals surface area contributed by atoms with Crippen LogP contribution in [0.15, 0.2) is 36.4 Å². The third kappa shape index (κ3) is 4.48. The second kappa shape index (κ2) is 7.35. The van der Waals surface area contributed by atoms with Crippen molar-refractivity contribution in [1.82, 2.24) is 0 Å². The zero-order valence-electron chi connectivity index (χ0n) is 15.1. The Labute approximate surface area is 144 Å². The van der Waals surface area contributed by atoms with Gasteiger partial charge in [-0.25, -0.2) is 0 Å². The molecule has 0 radical (unpaired) electrons. The first-order chi connectivity index (χ1) is 11.3. The van der Waals surface area contributed by atoms with Crippen LogP contribution in [0, 0.1) is 19.2 Å². The molecule has 0 aliphatic rings. The molecule has 0 spiro atoms. The standard InChI is InChI=1S/C20H25N2O2/c1-14-12-18(13-15(2)19(14)22-21)24-11-10-23-17-8-6-16(7-9-17)20(3,4)5/h6-9,12-13H,10-11H2,1-5H3/q+1. The van der Waals surface area contributed by atoms with Gasteiger partial charge < -0.3 is 9.47 Å². The smallest absolute Gasteiger partial charge is 0.391 e. The molecule has 0 N–H and O–H groups in total. The quantitative estimate of drug-likeness (QED) is 0.535. The lowest BCUT2D eigenvalue weighted by Crippen LogP contribution is -2.11. The normalized spacial score (nSPS) is 11.0. The van der Waals surface area contributed by atoms with Crippen molar-refractivity contribution in [3.05, 3.63) is 58.1 Å². The summed E-state index contributed by atoms with van der Waals surface area (Å²) in [7, 11) is 0. The van der Waals surface area contributed by atoms with E-state index in [-0.39, 0.29) is 5.41 Å². The molecule has 0 heterocycles. The van der Waals surface area contributed by atoms with Crippen molar-refractivity contribution in [1.29, 1.82) is 5.39 Å². The van der Waals surface area contributed by atoms with Gasteiger partial charge in [0, 0.05) is 11.1 Å². The number of hydrogen-bond acceptors (Lipinski definition) is 3. The van der Waals surface area contributed by atoms with E-state index in [1.165, 1.54) is 5.56 Å². The maximum Gasteiger partial charge on any atom is 0.391 e. The van der Waals surface area contributed by atoms with Crippen molar-refractivity contribution >= 4 is 5.69 Å². The van der Waals surface area contributed by atoms with E-state index in [2.05, 4.69) is 37.9 Å². The first kappa shape index (κ1) is 17.8. The molecular formula is C20H25N2O2+. The molecule has 0 bridgehead atoms. The molecule has 0 fully saturated rings. The van der Waals surface area contributed by atoms with E-state index in [0.717, 1.165) is 22.6 Å². The van der Waals surface area contributed by atoms with Gasteiger partial charge in [-0.1, -0.05) is 32.9 Å². The summed E-state index contributed by atoms with van der Waals surface area (Å²) in [6.07, 6.45) is 0. The van der Waals surface area contributed by atoms with E-state index in [0.29, 0.717) is 18.9 Å². The fourth-order valence-corrected chi connectivity index (χ4v) is 2.53. The van der Waals surface area contributed by atoms with Gasteiger partial charge in [-0.15, -0.1) is 0 Å². The summed E-state index contributed by atoms with van der Waals surface area (Å²) < 4.78 is 11.4. The molecule has 0 unspecified atom stereocenters. The summed E-state index contributed by atoms with van der Waals surface area (Å²) in [5.41, 5.74) is 3.78. The lowest BCUT2D eigenvalue weighted by Gasteiger charge is -2.19. The minimum Gasteiger partial charge on any atom is -0.490 e. The third-order valence-corrected chi connectivity index (χ3v) is 3.91. The molecule has 126 valence electrons. The SMILES string of the molecule is Cc1cc(OCCOc2ccc(C(C)(C)C)cc2)cc(C)c1[N+]#N. The van der Waals surface area contributed by atoms with Crippen LogP contribution in [-0.2, 0) is 5.41 Å². The van der Waals surface area contributed by atoms with E-state index in [1.807, 2.05) is 38.1 Å². The fourth-order valence-electron chi connectivity index (χ4n) is 2.53. The molecule has 0 aliphatic heterocycles. The van der Waals surface area contributed by atoms with E-state index in [1.54, 1.807) is 0 Å². The van der Waals surface area contributed by atoms with E-state index in [4.69, 9.17) is 14.9 Å². The van der Waals surface area contributed by atoms with Gasteiger partial charge in [0.25, 0.3) is 0 Å². The predicted molar refractivity (Wildman–Crippen MR) is 96.8 cm³/mol. The molecule has 0 atom stereocenters. The second-order valence-corrected chi connectivity index (χ2v) is 6.98. The van der Waals surface area contributed by atoms with Crippen LogP contribution in [0.5, 0.6) is 11.5 Å². The van der Waals surface area contributed by atoms with Crippen LogP contribution in [0.25, 0.3) is 4.98 Å². The van der Waals surface area contributed by atoms with Crippen molar-refractivity contribution in [2.75, 3.05) is 13.2 Å². The Hall–Kier alpha value is -2.54. The summed E-state index contributed by atoms with van der Waals surface area (Å²) in [5, 5.41) is 8.96. The molecule has 0 amide bonds. The first-order valence-electron chi connectivity index (χ1n) is 8.14. The zero-order chi connectivity index (χ0) is 17.7. The van der Waals surface area contributed by atoms with Crippen molar-refractivity contribution < 1.29 is 9.47 Å². The van der Waals surface area contributed by atoms with E-state index in [9.17, 15) is 0 Å². The number of aryl methyl sites for hydroxylation is 2. The van der Waals surface area contributed by atoms with Crippen LogP contribution in [-0.4, -0.2) is 13.2 Å². The van der Waals surface area contributed by atoms with E-state index >= 15 is 0 Å². The summed E-state index contributed by atoms with van der Waals surface area (Å²) in [6, 6.07) is 11.9. The Balaban J connectivity index is 1.86. The Morgan fingerprint density at radius 2 is 1.38 bits per heavy atom. The molecule has 4 heteroatoms. The maximum absolute atomic E-state index is 8.96. The first-order valence-corrected chi connectivity index (χ1v) is 8.14. The van der Waals surface area contributed by atoms with Crippen LogP contribution < -0.4 is 9.47 Å². The monoisotopic (exact) mass is 325 g/mol. The molecular weight excluding hydrogens is 300 g/mol. The van der Waals surface area contributed by atoms with Crippen molar-refractivity contribution in [3.8, 4) is 11.5 Å². The summed E-state index contributed by atoms with van der Waals surface area (Å²) in [6.45, 7) is 11.3. The number of rotatable bonds is 5. The van der Waals surface area contributed by atoms with Crippen LogP contribution >= 0.6 is 0 Å². The van der Waals surface area contributed by atoms with Crippen molar-refractivity contribution in [2.24, 2.45) is 0 Å². The minimum atomic E-state index is 0.143. The molecule has 0 aliphatic carbocycles. The highest BCUT2D eigenvalue weighted by Crippen LogP contribution is 2.28. The van der Waals surface area contributed by atoms with Gasteiger partial charge in [-0.3, -0.25) is 0 Å². The number of diazo groups is 1. The van der Waals surface area contributed by atoms with Gasteiger partial charge in [-0.2, -0.15) is 0 Å². The van der Waals surface area contributed by atoms with Crippen LogP contribution in [0.4, 0.5) is 5.69 Å². The summed E-state index contributed by atoms with van der Waals surface area (Å²) in [5.74, 6) is 1.59. The Morgan fingerprint density at radius 3 is 1.83 bits per heavy atom. The van der Waals surface area contributed by atoms with Crippen molar-refractivity contribution in [3.63, 3.8) is 0 Å². The predicted octanol–water partition coefficient (Wildman–Crippen LogP) is 5.54. The van der Waals surface area contributed by atoms with Gasteiger partial charge in [0.1, 0.15) is 24.7 Å². The number of benzene rings is 2. The highest BCUT2D eigenvalue weighted by molar-refractivity contribution is 5.59. The lowest BCUT2D eigenvalue weighted by molar-refractivity contribution is 0.217. The Bertz CT molecular complexity index is 715. The topological polar surface area (TPSA) is 46.6 Å². The van der Waals surface area contributed by atoms with Gasteiger partial charge in [0.2, 0.25) is 5.39 Å². The fraction of sp³-hybridized carbons (Fsp3) is 0.400. The number of hydrogen-bond donors (Lipinski definition) is 0. The molecule has 0 aromatic heterocycles. The average Bonchev–Trinajstić information content (AvgIpc) is 2.51. The van der Waals surface area contributed by atoms with Gasteiger partial charge >= 0.3 is 5.69 Å². The summed E-state index contributed by atoms with van der Waals surface area (Å²) >= 11 is 0. The van der Waals surface area contributed by atoms with Crippen LogP contribution in [0.1, 0.15) is 37.5 Å². The number of ether oxygens (including phenoxy) is 2. The highest BCUT2D eigenvalue weighted by atomic mass is 16.5. The molecule has 2 rings (SSSR count). The third-order valence-electron chi connectivity index (χ3n) is 3.91. The van der Waals surface area contributed by atoms with Gasteiger partial charge in [-0.05, 0) is 49.1 Å². The average molecular weight is 325 g/mol. The molecule has 4 nitrogen and oxygen atoms in total. The number of nitrogens with zero attached hydrogens (tertiary/aromatic N) is 2. The maximum atomic E-state index is 8.96. The van der Waals surface area contributed by atoms with Crippen LogP contribution in [0.2, 0.25) is 0 Å². The molecule has 24 heavy (non-hydrogen) atoms. The minimum absolute atomic E-state index is 0.143. The Morgan fingerprint density at radius 1 is 0.875 bits per heavy atom. The molecule has 0 saturated heterocycles. The molecule has 2 aromatic carbocycles. The van der Waals surface area contributed by atoms with Gasteiger partial charge in [0.05, 0.1) is 0 Å². The lowest BCUT2D eigenvalue weighted by atomic mass is 9.87. The Kier molecular flexibility index (Phi) is 5.46. The van der Waals surface area contributed by atoms with Gasteiger partial charge in [0.15, 0.2) is 4.98 Å².